The van der Waals surface area contributed by atoms with Crippen LogP contribution in [-0.4, -0.2) is 37.7 Å². The zero-order chi connectivity index (χ0) is 25.9. The number of rotatable bonds is 9. The van der Waals surface area contributed by atoms with Crippen LogP contribution in [0, 0.1) is 6.92 Å². The van der Waals surface area contributed by atoms with Crippen molar-refractivity contribution in [2.24, 2.45) is 5.10 Å². The minimum atomic E-state index is -0.925. The van der Waals surface area contributed by atoms with E-state index < -0.39 is 11.8 Å². The average Bonchev–Trinajstić information content (AvgIpc) is 2.88. The van der Waals surface area contributed by atoms with Crippen molar-refractivity contribution in [2.45, 2.75) is 19.9 Å². The summed E-state index contributed by atoms with van der Waals surface area (Å²) < 4.78 is 10.7. The summed E-state index contributed by atoms with van der Waals surface area (Å²) in [6, 6.07) is 21.5. The number of carbonyl (C=O) groups is 3. The van der Waals surface area contributed by atoms with Gasteiger partial charge in [0.25, 0.3) is 5.91 Å². The summed E-state index contributed by atoms with van der Waals surface area (Å²) in [6.07, 6.45) is 1.39. The first-order valence-electron chi connectivity index (χ1n) is 11.2. The highest BCUT2D eigenvalue weighted by Gasteiger charge is 2.15. The first kappa shape index (κ1) is 26.0. The number of aryl methyl sites for hydroxylation is 1. The van der Waals surface area contributed by atoms with Gasteiger partial charge in [-0.05, 0) is 66.9 Å². The number of carbonyl (C=O) groups excluding carboxylic acids is 3. The van der Waals surface area contributed by atoms with Gasteiger partial charge in [-0.3, -0.25) is 14.4 Å². The van der Waals surface area contributed by atoms with E-state index in [1.807, 2.05) is 50.2 Å². The van der Waals surface area contributed by atoms with E-state index in [2.05, 4.69) is 21.2 Å². The number of hydrogen-bond acceptors (Lipinski definition) is 6. The van der Waals surface area contributed by atoms with Crippen LogP contribution < -0.4 is 25.5 Å². The number of nitrogens with one attached hydrogen (secondary N) is 3. The topological polar surface area (TPSA) is 118 Å². The van der Waals surface area contributed by atoms with Crippen LogP contribution in [0.3, 0.4) is 0 Å². The highest BCUT2D eigenvalue weighted by Crippen LogP contribution is 2.25. The average molecular weight is 489 g/mol. The second-order valence-electron chi connectivity index (χ2n) is 7.91. The molecule has 0 aliphatic carbocycles. The summed E-state index contributed by atoms with van der Waals surface area (Å²) in [6.45, 7) is 3.64. The molecular formula is C27H28N4O5. The Morgan fingerprint density at radius 2 is 1.69 bits per heavy atom. The molecule has 0 bridgehead atoms. The van der Waals surface area contributed by atoms with Crippen molar-refractivity contribution in [1.29, 1.82) is 0 Å². The van der Waals surface area contributed by atoms with E-state index in [9.17, 15) is 14.4 Å². The number of hydrogen-bond donors (Lipinski definition) is 3. The Kier molecular flexibility index (Phi) is 9.16. The smallest absolute Gasteiger partial charge is 0.329 e. The highest BCUT2D eigenvalue weighted by atomic mass is 16.5. The van der Waals surface area contributed by atoms with Crippen molar-refractivity contribution in [1.82, 2.24) is 10.7 Å². The molecule has 186 valence electrons. The third-order valence-electron chi connectivity index (χ3n) is 5.12. The Balaban J connectivity index is 1.44. The van der Waals surface area contributed by atoms with E-state index in [4.69, 9.17) is 9.47 Å². The van der Waals surface area contributed by atoms with Crippen LogP contribution >= 0.6 is 0 Å². The molecule has 3 aromatic rings. The normalized spacial score (nSPS) is 11.4. The molecule has 3 rings (SSSR count). The van der Waals surface area contributed by atoms with E-state index in [0.717, 1.165) is 11.1 Å². The summed E-state index contributed by atoms with van der Waals surface area (Å²) in [5.41, 5.74) is 5.14. The van der Waals surface area contributed by atoms with Gasteiger partial charge in [0.2, 0.25) is 0 Å². The molecule has 0 spiro atoms. The second-order valence-corrected chi connectivity index (χ2v) is 7.91. The molecule has 0 unspecified atom stereocenters. The first-order chi connectivity index (χ1) is 17.4. The van der Waals surface area contributed by atoms with Gasteiger partial charge in [0.1, 0.15) is 11.5 Å². The molecule has 9 nitrogen and oxygen atoms in total. The molecule has 1 atom stereocenters. The van der Waals surface area contributed by atoms with Crippen LogP contribution in [0.15, 0.2) is 77.9 Å². The summed E-state index contributed by atoms with van der Waals surface area (Å²) >= 11 is 0. The van der Waals surface area contributed by atoms with Crippen molar-refractivity contribution < 1.29 is 23.9 Å². The molecule has 0 aliphatic rings. The molecule has 3 amide bonds. The summed E-state index contributed by atoms with van der Waals surface area (Å²) in [4.78, 5) is 36.4. The van der Waals surface area contributed by atoms with E-state index in [1.165, 1.54) is 13.3 Å². The van der Waals surface area contributed by atoms with Crippen LogP contribution in [0.2, 0.25) is 0 Å². The molecule has 9 heteroatoms. The Hall–Kier alpha value is -4.66. The van der Waals surface area contributed by atoms with Crippen LogP contribution in [0.4, 0.5) is 5.69 Å². The largest absolute Gasteiger partial charge is 0.495 e. The van der Waals surface area contributed by atoms with Crippen LogP contribution in [-0.2, 0) is 14.4 Å². The lowest BCUT2D eigenvalue weighted by molar-refractivity contribution is -0.136. The number of benzene rings is 3. The predicted molar refractivity (Wildman–Crippen MR) is 137 cm³/mol. The van der Waals surface area contributed by atoms with Crippen molar-refractivity contribution >= 4 is 29.6 Å². The Bertz CT molecular complexity index is 1230. The molecule has 0 saturated heterocycles. The molecule has 3 N–H and O–H groups in total. The van der Waals surface area contributed by atoms with Gasteiger partial charge in [-0.15, -0.1) is 0 Å². The zero-order valence-corrected chi connectivity index (χ0v) is 20.3. The van der Waals surface area contributed by atoms with Crippen LogP contribution in [0.5, 0.6) is 11.5 Å². The van der Waals surface area contributed by atoms with Gasteiger partial charge in [0.05, 0.1) is 25.1 Å². The number of hydrazone groups is 1. The monoisotopic (exact) mass is 488 g/mol. The maximum absolute atomic E-state index is 12.2. The van der Waals surface area contributed by atoms with Gasteiger partial charge in [0, 0.05) is 0 Å². The van der Waals surface area contributed by atoms with Gasteiger partial charge in [-0.1, -0.05) is 36.4 Å². The molecule has 3 aromatic carbocycles. The van der Waals surface area contributed by atoms with Crippen molar-refractivity contribution in [3.8, 4) is 11.5 Å². The molecule has 0 heterocycles. The maximum atomic E-state index is 12.2. The van der Waals surface area contributed by atoms with Gasteiger partial charge in [-0.2, -0.15) is 5.10 Å². The van der Waals surface area contributed by atoms with Crippen LogP contribution in [0.1, 0.15) is 29.7 Å². The quantitative estimate of drug-likeness (QED) is 0.243. The third kappa shape index (κ3) is 7.69. The fourth-order valence-corrected chi connectivity index (χ4v) is 3.22. The summed E-state index contributed by atoms with van der Waals surface area (Å²) in [7, 11) is 1.47. The Morgan fingerprint density at radius 3 is 2.39 bits per heavy atom. The minimum absolute atomic E-state index is 0.124. The van der Waals surface area contributed by atoms with E-state index in [0.29, 0.717) is 22.7 Å². The zero-order valence-electron chi connectivity index (χ0n) is 20.3. The van der Waals surface area contributed by atoms with Gasteiger partial charge in [0.15, 0.2) is 6.61 Å². The summed E-state index contributed by atoms with van der Waals surface area (Å²) in [5, 5.41) is 9.20. The lowest BCUT2D eigenvalue weighted by Crippen LogP contribution is -2.32. The lowest BCUT2D eigenvalue weighted by atomic mass is 10.1. The SMILES string of the molecule is COc1ccc(C)cc1NC(=O)C(=O)N/N=C\c1ccc(OCC(=O)N[C@H](C)c2ccccc2)cc1. The van der Waals surface area contributed by atoms with E-state index >= 15 is 0 Å². The molecule has 36 heavy (non-hydrogen) atoms. The predicted octanol–water partition coefficient (Wildman–Crippen LogP) is 3.35. The third-order valence-corrected chi connectivity index (χ3v) is 5.12. The van der Waals surface area contributed by atoms with E-state index in [1.54, 1.807) is 36.4 Å². The maximum Gasteiger partial charge on any atom is 0.329 e. The molecule has 0 radical (unpaired) electrons. The fraction of sp³-hybridized carbons (Fsp3) is 0.185. The first-order valence-corrected chi connectivity index (χ1v) is 11.2. The number of anilines is 1. The lowest BCUT2D eigenvalue weighted by Gasteiger charge is -2.14. The van der Waals surface area contributed by atoms with Gasteiger partial charge in [-0.25, -0.2) is 5.43 Å². The second kappa shape index (κ2) is 12.7. The van der Waals surface area contributed by atoms with Gasteiger partial charge < -0.3 is 20.1 Å². The highest BCUT2D eigenvalue weighted by molar-refractivity contribution is 6.39. The Labute approximate surface area is 209 Å². The minimum Gasteiger partial charge on any atom is -0.495 e. The van der Waals surface area contributed by atoms with E-state index in [-0.39, 0.29) is 18.6 Å². The summed E-state index contributed by atoms with van der Waals surface area (Å²) in [5.74, 6) is -1.09. The fourth-order valence-electron chi connectivity index (χ4n) is 3.22. The number of nitrogens with zero attached hydrogens (tertiary/aromatic N) is 1. The van der Waals surface area contributed by atoms with Crippen molar-refractivity contribution in [3.63, 3.8) is 0 Å². The standard InChI is InChI=1S/C27H28N4O5/c1-18-9-14-24(35-3)23(15-18)30-26(33)27(34)31-28-16-20-10-12-22(13-11-20)36-17-25(32)29-19(2)21-7-5-4-6-8-21/h4-16,19H,17H2,1-3H3,(H,29,32)(H,30,33)(H,31,34)/b28-16-/t19-/m1/s1. The van der Waals surface area contributed by atoms with Gasteiger partial charge >= 0.3 is 11.8 Å². The number of ether oxygens (including phenoxy) is 2. The molecule has 0 fully saturated rings. The molecule has 0 saturated carbocycles. The Morgan fingerprint density at radius 1 is 0.972 bits per heavy atom. The number of amides is 3. The molecular weight excluding hydrogens is 460 g/mol. The van der Waals surface area contributed by atoms with Crippen LogP contribution in [0.25, 0.3) is 0 Å². The number of methoxy groups -OCH3 is 1. The molecule has 0 aromatic heterocycles. The molecule has 0 aliphatic heterocycles. The van der Waals surface area contributed by atoms with Crippen molar-refractivity contribution in [3.05, 3.63) is 89.5 Å². The van der Waals surface area contributed by atoms with Crippen molar-refractivity contribution in [2.75, 3.05) is 19.0 Å².